The lowest BCUT2D eigenvalue weighted by atomic mass is 10.2. The maximum absolute atomic E-state index is 12.1. The number of fused-ring (bicyclic) bond motifs is 1. The molecule has 0 radical (unpaired) electrons. The number of likely N-dealkylation sites (N-methyl/N-ethyl adjacent to an activating group) is 1. The zero-order valence-corrected chi connectivity index (χ0v) is 10.1. The predicted octanol–water partition coefficient (Wildman–Crippen LogP) is 0.738. The Morgan fingerprint density at radius 3 is 2.53 bits per heavy atom. The van der Waals surface area contributed by atoms with Gasteiger partial charge in [0.2, 0.25) is 5.91 Å². The highest BCUT2D eigenvalue weighted by molar-refractivity contribution is 6.00. The van der Waals surface area contributed by atoms with Crippen molar-refractivity contribution < 1.29 is 4.79 Å². The summed E-state index contributed by atoms with van der Waals surface area (Å²) >= 11 is 0. The van der Waals surface area contributed by atoms with Crippen LogP contribution in [0.4, 0.5) is 5.69 Å². The van der Waals surface area contributed by atoms with Gasteiger partial charge in [-0.15, -0.1) is 0 Å². The van der Waals surface area contributed by atoms with Gasteiger partial charge in [0, 0.05) is 26.2 Å². The standard InChI is InChI=1S/C13H17N3O/c1-14-6-8-15(9-7-14)16-12-5-3-2-4-11(12)10-13(16)17/h2-5H,6-10H2,1H3. The van der Waals surface area contributed by atoms with Gasteiger partial charge in [-0.3, -0.25) is 4.79 Å². The number of rotatable bonds is 1. The Balaban J connectivity index is 1.86. The maximum Gasteiger partial charge on any atom is 0.246 e. The van der Waals surface area contributed by atoms with Crippen molar-refractivity contribution in [3.63, 3.8) is 0 Å². The number of carbonyl (C=O) groups excluding carboxylic acids is 1. The molecule has 4 nitrogen and oxygen atoms in total. The second-order valence-corrected chi connectivity index (χ2v) is 4.77. The highest BCUT2D eigenvalue weighted by Crippen LogP contribution is 2.30. The molecule has 17 heavy (non-hydrogen) atoms. The molecule has 1 aromatic carbocycles. The number of hydrazine groups is 1. The predicted molar refractivity (Wildman–Crippen MR) is 66.7 cm³/mol. The fraction of sp³-hybridized carbons (Fsp3) is 0.462. The minimum absolute atomic E-state index is 0.204. The van der Waals surface area contributed by atoms with Gasteiger partial charge in [0.25, 0.3) is 0 Å². The fourth-order valence-corrected chi connectivity index (χ4v) is 2.55. The van der Waals surface area contributed by atoms with Crippen LogP contribution in [-0.4, -0.2) is 49.0 Å². The topological polar surface area (TPSA) is 26.8 Å². The van der Waals surface area contributed by atoms with E-state index in [-0.39, 0.29) is 5.91 Å². The summed E-state index contributed by atoms with van der Waals surface area (Å²) < 4.78 is 0. The summed E-state index contributed by atoms with van der Waals surface area (Å²) in [5, 5.41) is 4.05. The van der Waals surface area contributed by atoms with Gasteiger partial charge in [-0.05, 0) is 18.7 Å². The van der Waals surface area contributed by atoms with E-state index in [0.29, 0.717) is 6.42 Å². The van der Waals surface area contributed by atoms with Crippen LogP contribution < -0.4 is 5.01 Å². The molecule has 1 aromatic rings. The average Bonchev–Trinajstić information content (AvgIpc) is 2.66. The zero-order chi connectivity index (χ0) is 11.8. The lowest BCUT2D eigenvalue weighted by Crippen LogP contribution is -2.54. The van der Waals surface area contributed by atoms with Crippen molar-refractivity contribution in [1.82, 2.24) is 9.91 Å². The minimum Gasteiger partial charge on any atom is -0.304 e. The molecular weight excluding hydrogens is 214 g/mol. The summed E-state index contributed by atoms with van der Waals surface area (Å²) in [4.78, 5) is 14.4. The summed E-state index contributed by atoms with van der Waals surface area (Å²) in [5.41, 5.74) is 2.22. The Morgan fingerprint density at radius 1 is 1.06 bits per heavy atom. The first-order chi connectivity index (χ1) is 8.25. The molecule has 2 aliphatic heterocycles. The number of amides is 1. The molecule has 1 amide bonds. The molecule has 3 rings (SSSR count). The first kappa shape index (κ1) is 10.7. The Morgan fingerprint density at radius 2 is 1.76 bits per heavy atom. The number of para-hydroxylation sites is 1. The Hall–Kier alpha value is -1.39. The molecule has 0 spiro atoms. The van der Waals surface area contributed by atoms with Crippen LogP contribution in [-0.2, 0) is 11.2 Å². The molecule has 0 unspecified atom stereocenters. The minimum atomic E-state index is 0.204. The van der Waals surface area contributed by atoms with Crippen molar-refractivity contribution in [1.29, 1.82) is 0 Å². The van der Waals surface area contributed by atoms with E-state index in [2.05, 4.69) is 17.0 Å². The largest absolute Gasteiger partial charge is 0.304 e. The Bertz CT molecular complexity index is 438. The van der Waals surface area contributed by atoms with E-state index in [1.54, 1.807) is 0 Å². The molecule has 0 atom stereocenters. The molecule has 4 heteroatoms. The molecule has 0 N–H and O–H groups in total. The summed E-state index contributed by atoms with van der Waals surface area (Å²) in [7, 11) is 2.12. The highest BCUT2D eigenvalue weighted by Gasteiger charge is 2.32. The Kier molecular flexibility index (Phi) is 2.61. The maximum atomic E-state index is 12.1. The molecule has 0 aromatic heterocycles. The second kappa shape index (κ2) is 4.13. The smallest absolute Gasteiger partial charge is 0.246 e. The quantitative estimate of drug-likeness (QED) is 0.713. The van der Waals surface area contributed by atoms with Crippen LogP contribution in [0.15, 0.2) is 24.3 Å². The third-order valence-electron chi connectivity index (χ3n) is 3.56. The van der Waals surface area contributed by atoms with Gasteiger partial charge in [0.1, 0.15) is 0 Å². The molecule has 2 aliphatic rings. The fourth-order valence-electron chi connectivity index (χ4n) is 2.55. The molecule has 0 aliphatic carbocycles. The average molecular weight is 231 g/mol. The number of benzene rings is 1. The number of carbonyl (C=O) groups is 1. The molecule has 2 heterocycles. The zero-order valence-electron chi connectivity index (χ0n) is 10.1. The number of nitrogens with zero attached hydrogens (tertiary/aromatic N) is 3. The van der Waals surface area contributed by atoms with E-state index in [0.717, 1.165) is 37.4 Å². The normalized spacial score (nSPS) is 21.9. The van der Waals surface area contributed by atoms with Gasteiger partial charge >= 0.3 is 0 Å². The number of piperazine rings is 1. The Labute approximate surface area is 101 Å². The van der Waals surface area contributed by atoms with E-state index >= 15 is 0 Å². The van der Waals surface area contributed by atoms with Gasteiger partial charge in [0.05, 0.1) is 12.1 Å². The van der Waals surface area contributed by atoms with E-state index in [9.17, 15) is 4.79 Å². The van der Waals surface area contributed by atoms with Crippen molar-refractivity contribution in [3.05, 3.63) is 29.8 Å². The van der Waals surface area contributed by atoms with Gasteiger partial charge in [0.15, 0.2) is 0 Å². The molecule has 0 saturated carbocycles. The highest BCUT2D eigenvalue weighted by atomic mass is 16.2. The van der Waals surface area contributed by atoms with Crippen molar-refractivity contribution >= 4 is 11.6 Å². The van der Waals surface area contributed by atoms with Gasteiger partial charge < -0.3 is 4.90 Å². The van der Waals surface area contributed by atoms with Crippen molar-refractivity contribution in [2.75, 3.05) is 38.2 Å². The van der Waals surface area contributed by atoms with Crippen molar-refractivity contribution in [3.8, 4) is 0 Å². The van der Waals surface area contributed by atoms with Crippen LogP contribution in [0.25, 0.3) is 0 Å². The summed E-state index contributed by atoms with van der Waals surface area (Å²) in [6.07, 6.45) is 0.544. The molecule has 1 fully saturated rings. The number of hydrogen-bond donors (Lipinski definition) is 0. The molecule has 90 valence electrons. The lowest BCUT2D eigenvalue weighted by Gasteiger charge is -2.38. The van der Waals surface area contributed by atoms with Crippen LogP contribution in [0, 0.1) is 0 Å². The van der Waals surface area contributed by atoms with Gasteiger partial charge in [-0.25, -0.2) is 10.0 Å². The van der Waals surface area contributed by atoms with Crippen molar-refractivity contribution in [2.45, 2.75) is 6.42 Å². The second-order valence-electron chi connectivity index (χ2n) is 4.77. The monoisotopic (exact) mass is 231 g/mol. The van der Waals surface area contributed by atoms with Gasteiger partial charge in [-0.1, -0.05) is 18.2 Å². The van der Waals surface area contributed by atoms with E-state index in [1.807, 2.05) is 29.3 Å². The summed E-state index contributed by atoms with van der Waals surface area (Å²) in [5.74, 6) is 0.204. The number of anilines is 1. The van der Waals surface area contributed by atoms with Crippen LogP contribution in [0.5, 0.6) is 0 Å². The van der Waals surface area contributed by atoms with Crippen LogP contribution in [0.3, 0.4) is 0 Å². The third-order valence-corrected chi connectivity index (χ3v) is 3.56. The van der Waals surface area contributed by atoms with Crippen LogP contribution in [0.1, 0.15) is 5.56 Å². The SMILES string of the molecule is CN1CCN(N2C(=O)Cc3ccccc32)CC1. The molecular formula is C13H17N3O. The molecule has 0 bridgehead atoms. The number of hydrogen-bond acceptors (Lipinski definition) is 3. The van der Waals surface area contributed by atoms with Crippen LogP contribution in [0.2, 0.25) is 0 Å². The van der Waals surface area contributed by atoms with E-state index < -0.39 is 0 Å². The third kappa shape index (κ3) is 1.83. The van der Waals surface area contributed by atoms with Gasteiger partial charge in [-0.2, -0.15) is 0 Å². The summed E-state index contributed by atoms with van der Waals surface area (Å²) in [6, 6.07) is 8.09. The van der Waals surface area contributed by atoms with E-state index in [4.69, 9.17) is 0 Å². The van der Waals surface area contributed by atoms with E-state index in [1.165, 1.54) is 0 Å². The van der Waals surface area contributed by atoms with Crippen molar-refractivity contribution in [2.24, 2.45) is 0 Å². The van der Waals surface area contributed by atoms with Crippen LogP contribution >= 0.6 is 0 Å². The summed E-state index contributed by atoms with van der Waals surface area (Å²) in [6.45, 7) is 3.89. The first-order valence-electron chi connectivity index (χ1n) is 6.10. The molecule has 1 saturated heterocycles. The lowest BCUT2D eigenvalue weighted by molar-refractivity contribution is -0.120. The first-order valence-corrected chi connectivity index (χ1v) is 6.10.